The van der Waals surface area contributed by atoms with Crippen LogP contribution in [0.4, 0.5) is 17.1 Å². The van der Waals surface area contributed by atoms with Crippen molar-refractivity contribution in [2.45, 2.75) is 19.3 Å². The van der Waals surface area contributed by atoms with E-state index in [2.05, 4.69) is 19.0 Å². The van der Waals surface area contributed by atoms with Crippen LogP contribution in [0.1, 0.15) is 19.3 Å². The smallest absolute Gasteiger partial charge is 0.0962 e. The van der Waals surface area contributed by atoms with Gasteiger partial charge in [0.25, 0.3) is 0 Å². The third-order valence-electron chi connectivity index (χ3n) is 4.34. The molecule has 0 bridgehead atoms. The van der Waals surface area contributed by atoms with E-state index in [1.807, 2.05) is 18.2 Å². The van der Waals surface area contributed by atoms with Crippen molar-refractivity contribution in [2.24, 2.45) is 0 Å². The molecule has 1 saturated heterocycles. The van der Waals surface area contributed by atoms with E-state index in [1.54, 1.807) is 0 Å². The first-order valence-electron chi connectivity index (χ1n) is 7.20. The highest BCUT2D eigenvalue weighted by Gasteiger charge is 2.24. The Balaban J connectivity index is 1.97. The number of anilines is 3. The summed E-state index contributed by atoms with van der Waals surface area (Å²) in [5.41, 5.74) is 14.5. The zero-order valence-corrected chi connectivity index (χ0v) is 12.2. The minimum Gasteiger partial charge on any atom is -0.399 e. The topological polar surface area (TPSA) is 55.3 Å². The molecule has 19 heavy (non-hydrogen) atoms. The van der Waals surface area contributed by atoms with Crippen LogP contribution in [-0.4, -0.2) is 44.8 Å². The van der Waals surface area contributed by atoms with Gasteiger partial charge in [-0.2, -0.15) is 0 Å². The highest BCUT2D eigenvalue weighted by atomic mass is 15.3. The molecule has 106 valence electrons. The average Bonchev–Trinajstić information content (AvgIpc) is 2.40. The summed E-state index contributed by atoms with van der Waals surface area (Å²) in [6, 6.07) is 5.70. The third kappa shape index (κ3) is 3.53. The molecule has 1 aromatic carbocycles. The van der Waals surface area contributed by atoms with Crippen molar-refractivity contribution in [3.8, 4) is 0 Å². The predicted octanol–water partition coefficient (Wildman–Crippen LogP) is 1.92. The summed E-state index contributed by atoms with van der Waals surface area (Å²) in [7, 11) is 4.47. The minimum absolute atomic E-state index is 0.773. The second kappa shape index (κ2) is 5.70. The van der Waals surface area contributed by atoms with E-state index in [9.17, 15) is 0 Å². The average molecular weight is 263 g/mol. The summed E-state index contributed by atoms with van der Waals surface area (Å²) in [6.45, 7) is 4.80. The number of benzene rings is 1. The van der Waals surface area contributed by atoms with Crippen LogP contribution in [0, 0.1) is 0 Å². The Hall–Kier alpha value is -1.42. The van der Waals surface area contributed by atoms with Crippen LogP contribution in [0.3, 0.4) is 0 Å². The second-order valence-corrected chi connectivity index (χ2v) is 6.09. The molecule has 1 heterocycles. The van der Waals surface area contributed by atoms with Gasteiger partial charge < -0.3 is 20.9 Å². The molecular formula is C15H27N4+. The summed E-state index contributed by atoms with van der Waals surface area (Å²) in [5.74, 6) is 0. The van der Waals surface area contributed by atoms with Crippen molar-refractivity contribution in [2.75, 3.05) is 56.6 Å². The van der Waals surface area contributed by atoms with Crippen molar-refractivity contribution < 1.29 is 4.48 Å². The van der Waals surface area contributed by atoms with E-state index in [4.69, 9.17) is 11.5 Å². The quantitative estimate of drug-likeness (QED) is 0.644. The molecule has 0 aliphatic carbocycles. The van der Waals surface area contributed by atoms with Crippen LogP contribution in [0.5, 0.6) is 0 Å². The molecule has 4 N–H and O–H groups in total. The van der Waals surface area contributed by atoms with Gasteiger partial charge in [-0.3, -0.25) is 0 Å². The number of likely N-dealkylation sites (tertiary alicyclic amines) is 1. The van der Waals surface area contributed by atoms with Gasteiger partial charge in [0, 0.05) is 12.7 Å². The number of hydrogen-bond donors (Lipinski definition) is 2. The molecule has 0 atom stereocenters. The van der Waals surface area contributed by atoms with Crippen LogP contribution < -0.4 is 16.4 Å². The number of nitrogens with zero attached hydrogens (tertiary/aromatic N) is 2. The van der Waals surface area contributed by atoms with Gasteiger partial charge in [-0.25, -0.2) is 0 Å². The van der Waals surface area contributed by atoms with Crippen molar-refractivity contribution in [3.63, 3.8) is 0 Å². The first-order chi connectivity index (χ1) is 9.00. The minimum atomic E-state index is 0.773. The Morgan fingerprint density at radius 1 is 1.16 bits per heavy atom. The lowest BCUT2D eigenvalue weighted by molar-refractivity contribution is -0.912. The largest absolute Gasteiger partial charge is 0.399 e. The lowest BCUT2D eigenvalue weighted by atomic mass is 10.1. The van der Waals surface area contributed by atoms with Gasteiger partial charge in [0.1, 0.15) is 0 Å². The van der Waals surface area contributed by atoms with Crippen molar-refractivity contribution in [3.05, 3.63) is 18.2 Å². The first kappa shape index (κ1) is 14.0. The lowest BCUT2D eigenvalue weighted by Gasteiger charge is -2.39. The summed E-state index contributed by atoms with van der Waals surface area (Å²) < 4.78 is 1.19. The third-order valence-corrected chi connectivity index (χ3v) is 4.34. The molecule has 0 saturated carbocycles. The molecule has 0 aromatic heterocycles. The van der Waals surface area contributed by atoms with Crippen LogP contribution in [0.25, 0.3) is 0 Å². The number of piperidine rings is 1. The molecule has 1 aliphatic rings. The van der Waals surface area contributed by atoms with E-state index in [1.165, 1.54) is 43.4 Å². The van der Waals surface area contributed by atoms with E-state index < -0.39 is 0 Å². The van der Waals surface area contributed by atoms with Crippen molar-refractivity contribution in [1.82, 2.24) is 0 Å². The highest BCUT2D eigenvalue weighted by Crippen LogP contribution is 2.25. The van der Waals surface area contributed by atoms with E-state index in [0.29, 0.717) is 0 Å². The SMILES string of the molecule is CN(CC[N+]1(C)CCCCC1)c1cc(N)ccc1N. The lowest BCUT2D eigenvalue weighted by Crippen LogP contribution is -2.51. The number of quaternary nitrogens is 1. The summed E-state index contributed by atoms with van der Waals surface area (Å²) >= 11 is 0. The maximum absolute atomic E-state index is 6.03. The number of likely N-dealkylation sites (N-methyl/N-ethyl adjacent to an activating group) is 2. The molecule has 0 radical (unpaired) electrons. The van der Waals surface area contributed by atoms with Crippen LogP contribution in [0.2, 0.25) is 0 Å². The van der Waals surface area contributed by atoms with Gasteiger partial charge in [-0.15, -0.1) is 0 Å². The maximum Gasteiger partial charge on any atom is 0.0962 e. The Labute approximate surface area is 116 Å². The summed E-state index contributed by atoms with van der Waals surface area (Å²) in [6.07, 6.45) is 4.12. The molecule has 0 spiro atoms. The molecular weight excluding hydrogens is 236 g/mol. The Bertz CT molecular complexity index is 424. The van der Waals surface area contributed by atoms with Gasteiger partial charge in [-0.1, -0.05) is 0 Å². The fourth-order valence-electron chi connectivity index (χ4n) is 2.90. The Morgan fingerprint density at radius 2 is 1.84 bits per heavy atom. The number of nitrogen functional groups attached to an aromatic ring is 2. The standard InChI is InChI=1S/C15H27N4/c1-18(15-12-13(16)6-7-14(15)17)8-11-19(2)9-4-3-5-10-19/h6-7,12H,3-5,8-11,16-17H2,1-2H3/q+1. The summed E-state index contributed by atoms with van der Waals surface area (Å²) in [4.78, 5) is 2.23. The van der Waals surface area contributed by atoms with Crippen molar-refractivity contribution >= 4 is 17.1 Å². The van der Waals surface area contributed by atoms with Crippen LogP contribution in [-0.2, 0) is 0 Å². The van der Waals surface area contributed by atoms with Gasteiger partial charge >= 0.3 is 0 Å². The van der Waals surface area contributed by atoms with E-state index in [0.717, 1.165) is 23.6 Å². The van der Waals surface area contributed by atoms with E-state index >= 15 is 0 Å². The molecule has 0 unspecified atom stereocenters. The molecule has 1 aliphatic heterocycles. The Morgan fingerprint density at radius 3 is 2.53 bits per heavy atom. The molecule has 4 heteroatoms. The first-order valence-corrected chi connectivity index (χ1v) is 7.20. The van der Waals surface area contributed by atoms with Crippen LogP contribution >= 0.6 is 0 Å². The second-order valence-electron chi connectivity index (χ2n) is 6.09. The molecule has 1 fully saturated rings. The number of rotatable bonds is 4. The fraction of sp³-hybridized carbons (Fsp3) is 0.600. The molecule has 4 nitrogen and oxygen atoms in total. The molecule has 1 aromatic rings. The van der Waals surface area contributed by atoms with Gasteiger partial charge in [0.2, 0.25) is 0 Å². The molecule has 2 rings (SSSR count). The number of hydrogen-bond acceptors (Lipinski definition) is 3. The predicted molar refractivity (Wildman–Crippen MR) is 83.2 cm³/mol. The van der Waals surface area contributed by atoms with Gasteiger partial charge in [0.05, 0.1) is 44.6 Å². The van der Waals surface area contributed by atoms with Crippen LogP contribution in [0.15, 0.2) is 18.2 Å². The summed E-state index contributed by atoms with van der Waals surface area (Å²) in [5, 5.41) is 0. The van der Waals surface area contributed by atoms with Gasteiger partial charge in [-0.05, 0) is 37.5 Å². The maximum atomic E-state index is 6.03. The zero-order chi connectivity index (χ0) is 13.9. The highest BCUT2D eigenvalue weighted by molar-refractivity contribution is 5.71. The normalized spacial score (nSPS) is 18.2. The Kier molecular flexibility index (Phi) is 4.20. The zero-order valence-electron chi connectivity index (χ0n) is 12.2. The van der Waals surface area contributed by atoms with E-state index in [-0.39, 0.29) is 0 Å². The fourth-order valence-corrected chi connectivity index (χ4v) is 2.90. The van der Waals surface area contributed by atoms with Gasteiger partial charge in [0.15, 0.2) is 0 Å². The van der Waals surface area contributed by atoms with Crippen molar-refractivity contribution in [1.29, 1.82) is 0 Å². The number of nitrogens with two attached hydrogens (primary N) is 2. The molecule has 0 amide bonds. The monoisotopic (exact) mass is 263 g/mol.